The molecule has 0 bridgehead atoms. The maximum atomic E-state index is 9.78. The fraction of sp³-hybridized carbons (Fsp3) is 1.00. The molecule has 0 aromatic rings. The summed E-state index contributed by atoms with van der Waals surface area (Å²) in [6.07, 6.45) is 6.07. The Morgan fingerprint density at radius 1 is 1.25 bits per heavy atom. The van der Waals surface area contributed by atoms with Crippen molar-refractivity contribution in [1.82, 2.24) is 10.2 Å². The fourth-order valence-electron chi connectivity index (χ4n) is 3.01. The van der Waals surface area contributed by atoms with Crippen LogP contribution in [0.2, 0.25) is 0 Å². The Kier molecular flexibility index (Phi) is 7.49. The second-order valence-corrected chi connectivity index (χ2v) is 7.23. The molecule has 1 fully saturated rings. The van der Waals surface area contributed by atoms with Gasteiger partial charge in [-0.2, -0.15) is 0 Å². The predicted molar refractivity (Wildman–Crippen MR) is 87.0 cm³/mol. The molecule has 2 N–H and O–H groups in total. The van der Waals surface area contributed by atoms with Crippen LogP contribution in [0.5, 0.6) is 0 Å². The van der Waals surface area contributed by atoms with E-state index in [9.17, 15) is 5.11 Å². The van der Waals surface area contributed by atoms with Gasteiger partial charge < -0.3 is 15.3 Å². The van der Waals surface area contributed by atoms with E-state index < -0.39 is 0 Å². The lowest BCUT2D eigenvalue weighted by Crippen LogP contribution is -2.51. The van der Waals surface area contributed by atoms with Crippen LogP contribution in [0.15, 0.2) is 0 Å². The van der Waals surface area contributed by atoms with Crippen LogP contribution in [0.25, 0.3) is 0 Å². The van der Waals surface area contributed by atoms with E-state index in [0.29, 0.717) is 12.1 Å². The quantitative estimate of drug-likeness (QED) is 0.612. The molecule has 0 aliphatic heterocycles. The summed E-state index contributed by atoms with van der Waals surface area (Å²) in [7, 11) is 0. The van der Waals surface area contributed by atoms with Gasteiger partial charge in [-0.15, -0.1) is 0 Å². The molecule has 0 aromatic heterocycles. The largest absolute Gasteiger partial charge is 0.394 e. The Morgan fingerprint density at radius 3 is 2.30 bits per heavy atom. The molecule has 0 amide bonds. The Hall–Kier alpha value is -0.120. The van der Waals surface area contributed by atoms with Crippen molar-refractivity contribution < 1.29 is 5.11 Å². The van der Waals surface area contributed by atoms with E-state index in [1.165, 1.54) is 25.8 Å². The van der Waals surface area contributed by atoms with Gasteiger partial charge in [0.15, 0.2) is 0 Å². The van der Waals surface area contributed by atoms with Crippen molar-refractivity contribution in [2.24, 2.45) is 5.92 Å². The zero-order valence-corrected chi connectivity index (χ0v) is 14.3. The molecule has 0 saturated heterocycles. The number of aliphatic hydroxyl groups excluding tert-OH is 1. The summed E-state index contributed by atoms with van der Waals surface area (Å²) >= 11 is 0. The van der Waals surface area contributed by atoms with E-state index in [1.54, 1.807) is 0 Å². The van der Waals surface area contributed by atoms with Crippen molar-refractivity contribution in [3.05, 3.63) is 0 Å². The van der Waals surface area contributed by atoms with E-state index in [-0.39, 0.29) is 12.1 Å². The van der Waals surface area contributed by atoms with Crippen LogP contribution >= 0.6 is 0 Å². The number of rotatable bonds is 11. The van der Waals surface area contributed by atoms with Crippen LogP contribution in [-0.2, 0) is 0 Å². The van der Waals surface area contributed by atoms with Gasteiger partial charge >= 0.3 is 0 Å². The van der Waals surface area contributed by atoms with Gasteiger partial charge in [-0.3, -0.25) is 0 Å². The average Bonchev–Trinajstić information content (AvgIpc) is 3.19. The third kappa shape index (κ3) is 6.11. The van der Waals surface area contributed by atoms with Crippen molar-refractivity contribution in [1.29, 1.82) is 0 Å². The first-order valence-corrected chi connectivity index (χ1v) is 8.55. The van der Waals surface area contributed by atoms with Crippen molar-refractivity contribution in [2.75, 3.05) is 19.7 Å². The highest BCUT2D eigenvalue weighted by Crippen LogP contribution is 2.30. The molecule has 20 heavy (non-hydrogen) atoms. The fourth-order valence-corrected chi connectivity index (χ4v) is 3.01. The minimum Gasteiger partial charge on any atom is -0.394 e. The summed E-state index contributed by atoms with van der Waals surface area (Å²) in [5.41, 5.74) is -0.0869. The maximum Gasteiger partial charge on any atom is 0.0613 e. The van der Waals surface area contributed by atoms with Crippen molar-refractivity contribution in [3.8, 4) is 0 Å². The molecule has 1 atom stereocenters. The number of nitrogens with zero attached hydrogens (tertiary/aromatic N) is 1. The Morgan fingerprint density at radius 2 is 1.90 bits per heavy atom. The molecule has 1 unspecified atom stereocenters. The molecular formula is C17H36N2O. The summed E-state index contributed by atoms with van der Waals surface area (Å²) in [6, 6.07) is 1.06. The third-order valence-electron chi connectivity index (χ3n) is 4.59. The van der Waals surface area contributed by atoms with Gasteiger partial charge in [-0.05, 0) is 58.4 Å². The summed E-state index contributed by atoms with van der Waals surface area (Å²) in [6.45, 7) is 13.8. The lowest BCUT2D eigenvalue weighted by molar-refractivity contribution is 0.125. The normalized spacial score (nSPS) is 19.1. The molecule has 1 aliphatic rings. The standard InChI is InChI=1S/C17H36N2O/c1-6-17(13-20,18-14(2)3)10-7-11-19(15(4)5)12-16-8-9-16/h14-16,18,20H,6-13H2,1-5H3. The molecule has 1 saturated carbocycles. The van der Waals surface area contributed by atoms with E-state index in [4.69, 9.17) is 0 Å². The predicted octanol–water partition coefficient (Wildman–Crippen LogP) is 3.03. The minimum absolute atomic E-state index is 0.0869. The number of hydrogen-bond acceptors (Lipinski definition) is 3. The van der Waals surface area contributed by atoms with Crippen molar-refractivity contribution in [2.45, 2.75) is 84.3 Å². The molecule has 0 heterocycles. The highest BCUT2D eigenvalue weighted by atomic mass is 16.3. The van der Waals surface area contributed by atoms with Gasteiger partial charge in [0, 0.05) is 24.2 Å². The van der Waals surface area contributed by atoms with E-state index >= 15 is 0 Å². The van der Waals surface area contributed by atoms with Gasteiger partial charge in [0.2, 0.25) is 0 Å². The molecule has 0 radical (unpaired) electrons. The Balaban J connectivity index is 2.40. The number of hydrogen-bond donors (Lipinski definition) is 2. The molecule has 3 heteroatoms. The highest BCUT2D eigenvalue weighted by molar-refractivity contribution is 4.88. The summed E-state index contributed by atoms with van der Waals surface area (Å²) in [5.74, 6) is 0.958. The second kappa shape index (κ2) is 8.35. The lowest BCUT2D eigenvalue weighted by atomic mass is 9.90. The first-order valence-electron chi connectivity index (χ1n) is 8.55. The summed E-state index contributed by atoms with van der Waals surface area (Å²) in [4.78, 5) is 2.62. The molecule has 0 spiro atoms. The second-order valence-electron chi connectivity index (χ2n) is 7.23. The SMILES string of the molecule is CCC(CO)(CCCN(CC1CC1)C(C)C)NC(C)C. The molecule has 1 rings (SSSR count). The molecule has 1 aliphatic carbocycles. The molecule has 120 valence electrons. The van der Waals surface area contributed by atoms with E-state index in [2.05, 4.69) is 44.8 Å². The average molecular weight is 284 g/mol. The summed E-state index contributed by atoms with van der Waals surface area (Å²) in [5, 5.41) is 13.4. The van der Waals surface area contributed by atoms with Crippen LogP contribution in [0.3, 0.4) is 0 Å². The minimum atomic E-state index is -0.0869. The lowest BCUT2D eigenvalue weighted by Gasteiger charge is -2.35. The summed E-state index contributed by atoms with van der Waals surface area (Å²) < 4.78 is 0. The smallest absolute Gasteiger partial charge is 0.0613 e. The van der Waals surface area contributed by atoms with E-state index in [1.807, 2.05) is 0 Å². The first-order chi connectivity index (χ1) is 9.42. The highest BCUT2D eigenvalue weighted by Gasteiger charge is 2.29. The van der Waals surface area contributed by atoms with Crippen molar-refractivity contribution in [3.63, 3.8) is 0 Å². The third-order valence-corrected chi connectivity index (χ3v) is 4.59. The van der Waals surface area contributed by atoms with Gasteiger partial charge in [0.25, 0.3) is 0 Å². The van der Waals surface area contributed by atoms with Gasteiger partial charge in [-0.25, -0.2) is 0 Å². The van der Waals surface area contributed by atoms with Crippen LogP contribution in [0.1, 0.15) is 66.7 Å². The van der Waals surface area contributed by atoms with Crippen LogP contribution < -0.4 is 5.32 Å². The van der Waals surface area contributed by atoms with Gasteiger partial charge in [0.05, 0.1) is 6.61 Å². The zero-order chi connectivity index (χ0) is 15.2. The topological polar surface area (TPSA) is 35.5 Å². The molecule has 3 nitrogen and oxygen atoms in total. The van der Waals surface area contributed by atoms with Crippen LogP contribution in [0.4, 0.5) is 0 Å². The van der Waals surface area contributed by atoms with Crippen LogP contribution in [-0.4, -0.2) is 47.3 Å². The maximum absolute atomic E-state index is 9.78. The monoisotopic (exact) mass is 284 g/mol. The van der Waals surface area contributed by atoms with Gasteiger partial charge in [0.1, 0.15) is 0 Å². The Bertz CT molecular complexity index is 258. The first kappa shape index (κ1) is 17.9. The Labute approximate surface area is 126 Å². The number of aliphatic hydroxyl groups is 1. The number of nitrogens with one attached hydrogen (secondary N) is 1. The van der Waals surface area contributed by atoms with Gasteiger partial charge in [-0.1, -0.05) is 20.8 Å². The molecule has 0 aromatic carbocycles. The zero-order valence-electron chi connectivity index (χ0n) is 14.3. The van der Waals surface area contributed by atoms with Crippen molar-refractivity contribution >= 4 is 0 Å². The molecular weight excluding hydrogens is 248 g/mol. The van der Waals surface area contributed by atoms with E-state index in [0.717, 1.165) is 25.3 Å². The van der Waals surface area contributed by atoms with Crippen LogP contribution in [0, 0.1) is 5.92 Å².